The zero-order valence-corrected chi connectivity index (χ0v) is 9.62. The fraction of sp³-hybridized carbons (Fsp3) is 0.800. The predicted molar refractivity (Wildman–Crippen MR) is 57.4 cm³/mol. The number of carbonyl (C=O) groups is 2. The molecular weight excluding hydrogens is 194 g/mol. The molecular formula is C10H19N3O2. The van der Waals surface area contributed by atoms with E-state index in [1.807, 2.05) is 20.9 Å². The number of hydrogen-bond acceptors (Lipinski definition) is 3. The summed E-state index contributed by atoms with van der Waals surface area (Å²) in [5.41, 5.74) is 0. The highest BCUT2D eigenvalue weighted by molar-refractivity contribution is 5.92. The van der Waals surface area contributed by atoms with Gasteiger partial charge in [0.2, 0.25) is 11.8 Å². The largest absolute Gasteiger partial charge is 0.332 e. The van der Waals surface area contributed by atoms with Gasteiger partial charge in [0, 0.05) is 19.1 Å². The summed E-state index contributed by atoms with van der Waals surface area (Å²) in [7, 11) is 1.84. The molecule has 1 unspecified atom stereocenters. The maximum Gasteiger partial charge on any atom is 0.242 e. The van der Waals surface area contributed by atoms with Gasteiger partial charge >= 0.3 is 0 Å². The number of nitrogens with one attached hydrogen (secondary N) is 1. The first-order valence-corrected chi connectivity index (χ1v) is 5.32. The summed E-state index contributed by atoms with van der Waals surface area (Å²) in [6.07, 6.45) is 0. The van der Waals surface area contributed by atoms with Gasteiger partial charge in [-0.25, -0.2) is 0 Å². The molecule has 0 aromatic heterocycles. The maximum atomic E-state index is 11.7. The van der Waals surface area contributed by atoms with E-state index in [2.05, 4.69) is 5.32 Å². The molecule has 0 aromatic rings. The Morgan fingerprint density at radius 2 is 2.00 bits per heavy atom. The zero-order chi connectivity index (χ0) is 11.4. The van der Waals surface area contributed by atoms with Crippen molar-refractivity contribution in [2.24, 2.45) is 0 Å². The monoisotopic (exact) mass is 213 g/mol. The van der Waals surface area contributed by atoms with Crippen LogP contribution in [-0.2, 0) is 9.59 Å². The van der Waals surface area contributed by atoms with E-state index in [4.69, 9.17) is 0 Å². The van der Waals surface area contributed by atoms with E-state index in [0.29, 0.717) is 13.1 Å². The van der Waals surface area contributed by atoms with E-state index in [1.165, 1.54) is 0 Å². The average molecular weight is 213 g/mol. The second-order valence-electron chi connectivity index (χ2n) is 3.84. The number of hydrogen-bond donors (Lipinski definition) is 1. The molecule has 1 N–H and O–H groups in total. The molecule has 0 saturated carbocycles. The number of likely N-dealkylation sites (N-methyl/N-ethyl adjacent to an activating group) is 2. The summed E-state index contributed by atoms with van der Waals surface area (Å²) in [6, 6.07) is 0.0745. The van der Waals surface area contributed by atoms with Gasteiger partial charge in [-0.3, -0.25) is 9.59 Å². The lowest BCUT2D eigenvalue weighted by Crippen LogP contribution is -2.57. The minimum absolute atomic E-state index is 0.0409. The quantitative estimate of drug-likeness (QED) is 0.671. The van der Waals surface area contributed by atoms with Gasteiger partial charge in [-0.2, -0.15) is 0 Å². The SMILES string of the molecule is CCN1CC(=O)N(C(C)CNC)CC1=O. The third kappa shape index (κ3) is 2.68. The standard InChI is InChI=1S/C10H19N3O2/c1-4-12-6-10(15)13(7-9(12)14)8(2)5-11-3/h8,11H,4-7H2,1-3H3. The van der Waals surface area contributed by atoms with Crippen molar-refractivity contribution in [3.63, 3.8) is 0 Å². The minimum atomic E-state index is 0.0409. The smallest absolute Gasteiger partial charge is 0.242 e. The van der Waals surface area contributed by atoms with Crippen molar-refractivity contribution in [3.05, 3.63) is 0 Å². The summed E-state index contributed by atoms with van der Waals surface area (Å²) in [5.74, 6) is 0.0826. The molecule has 1 fully saturated rings. The number of nitrogens with zero attached hydrogens (tertiary/aromatic N) is 2. The molecule has 1 rings (SSSR count). The van der Waals surface area contributed by atoms with Crippen LogP contribution in [0, 0.1) is 0 Å². The van der Waals surface area contributed by atoms with E-state index < -0.39 is 0 Å². The number of rotatable bonds is 4. The highest BCUT2D eigenvalue weighted by atomic mass is 16.2. The highest BCUT2D eigenvalue weighted by Gasteiger charge is 2.31. The lowest BCUT2D eigenvalue weighted by molar-refractivity contribution is -0.151. The van der Waals surface area contributed by atoms with Crippen molar-refractivity contribution in [2.75, 3.05) is 33.2 Å². The van der Waals surface area contributed by atoms with Gasteiger partial charge in [-0.05, 0) is 20.9 Å². The Hall–Kier alpha value is -1.10. The Labute approximate surface area is 90.4 Å². The molecule has 1 aliphatic rings. The lowest BCUT2D eigenvalue weighted by atomic mass is 10.2. The molecule has 0 aromatic carbocycles. The molecule has 1 atom stereocenters. The fourth-order valence-corrected chi connectivity index (χ4v) is 1.77. The third-order valence-corrected chi connectivity index (χ3v) is 2.72. The van der Waals surface area contributed by atoms with Crippen LogP contribution in [0.1, 0.15) is 13.8 Å². The van der Waals surface area contributed by atoms with Gasteiger partial charge in [-0.15, -0.1) is 0 Å². The summed E-state index contributed by atoms with van der Waals surface area (Å²) >= 11 is 0. The first-order valence-electron chi connectivity index (χ1n) is 5.32. The van der Waals surface area contributed by atoms with Gasteiger partial charge < -0.3 is 15.1 Å². The average Bonchev–Trinajstić information content (AvgIpc) is 2.21. The van der Waals surface area contributed by atoms with Gasteiger partial charge in [-0.1, -0.05) is 0 Å². The Morgan fingerprint density at radius 3 is 2.53 bits per heavy atom. The molecule has 86 valence electrons. The van der Waals surface area contributed by atoms with Crippen molar-refractivity contribution >= 4 is 11.8 Å². The second-order valence-corrected chi connectivity index (χ2v) is 3.84. The molecule has 0 bridgehead atoms. The Kier molecular flexibility index (Phi) is 4.08. The van der Waals surface area contributed by atoms with E-state index in [0.717, 1.165) is 0 Å². The van der Waals surface area contributed by atoms with Crippen LogP contribution >= 0.6 is 0 Å². The maximum absolute atomic E-state index is 11.7. The van der Waals surface area contributed by atoms with Crippen LogP contribution in [0.2, 0.25) is 0 Å². The minimum Gasteiger partial charge on any atom is -0.332 e. The molecule has 5 nitrogen and oxygen atoms in total. The molecule has 15 heavy (non-hydrogen) atoms. The summed E-state index contributed by atoms with van der Waals surface area (Å²) in [4.78, 5) is 26.6. The van der Waals surface area contributed by atoms with Crippen LogP contribution in [0.5, 0.6) is 0 Å². The predicted octanol–water partition coefficient (Wildman–Crippen LogP) is -0.715. The van der Waals surface area contributed by atoms with Crippen molar-refractivity contribution in [3.8, 4) is 0 Å². The molecule has 2 amide bonds. The zero-order valence-electron chi connectivity index (χ0n) is 9.62. The number of carbonyl (C=O) groups excluding carboxylic acids is 2. The van der Waals surface area contributed by atoms with Crippen molar-refractivity contribution in [1.29, 1.82) is 0 Å². The van der Waals surface area contributed by atoms with Crippen molar-refractivity contribution in [1.82, 2.24) is 15.1 Å². The number of amides is 2. The van der Waals surface area contributed by atoms with Crippen LogP contribution in [0.4, 0.5) is 0 Å². The molecule has 1 aliphatic heterocycles. The van der Waals surface area contributed by atoms with Crippen LogP contribution in [0.3, 0.4) is 0 Å². The molecule has 5 heteroatoms. The second kappa shape index (κ2) is 5.11. The normalized spacial score (nSPS) is 19.7. The molecule has 1 heterocycles. The summed E-state index contributed by atoms with van der Waals surface area (Å²) in [5, 5.41) is 3.01. The fourth-order valence-electron chi connectivity index (χ4n) is 1.77. The van der Waals surface area contributed by atoms with E-state index in [-0.39, 0.29) is 30.9 Å². The highest BCUT2D eigenvalue weighted by Crippen LogP contribution is 2.08. The van der Waals surface area contributed by atoms with E-state index in [1.54, 1.807) is 9.80 Å². The van der Waals surface area contributed by atoms with Gasteiger partial charge in [0.15, 0.2) is 0 Å². The Bertz CT molecular complexity index is 255. The molecule has 1 saturated heterocycles. The van der Waals surface area contributed by atoms with E-state index in [9.17, 15) is 9.59 Å². The Balaban J connectivity index is 2.62. The van der Waals surface area contributed by atoms with Gasteiger partial charge in [0.1, 0.15) is 6.54 Å². The molecule has 0 radical (unpaired) electrons. The first kappa shape index (κ1) is 12.0. The van der Waals surface area contributed by atoms with Crippen LogP contribution in [-0.4, -0.2) is 60.9 Å². The van der Waals surface area contributed by atoms with Crippen LogP contribution in [0.25, 0.3) is 0 Å². The van der Waals surface area contributed by atoms with Gasteiger partial charge in [0.25, 0.3) is 0 Å². The summed E-state index contributed by atoms with van der Waals surface area (Å²) < 4.78 is 0. The molecule has 0 aliphatic carbocycles. The van der Waals surface area contributed by atoms with Crippen molar-refractivity contribution < 1.29 is 9.59 Å². The summed E-state index contributed by atoms with van der Waals surface area (Å²) in [6.45, 7) is 5.60. The lowest BCUT2D eigenvalue weighted by Gasteiger charge is -2.36. The first-order chi connectivity index (χ1) is 7.10. The van der Waals surface area contributed by atoms with Crippen molar-refractivity contribution in [2.45, 2.75) is 19.9 Å². The molecule has 0 spiro atoms. The third-order valence-electron chi connectivity index (χ3n) is 2.72. The Morgan fingerprint density at radius 1 is 1.33 bits per heavy atom. The van der Waals surface area contributed by atoms with Crippen LogP contribution in [0.15, 0.2) is 0 Å². The van der Waals surface area contributed by atoms with E-state index >= 15 is 0 Å². The topological polar surface area (TPSA) is 52.7 Å². The van der Waals surface area contributed by atoms with Crippen LogP contribution < -0.4 is 5.32 Å². The number of piperazine rings is 1. The van der Waals surface area contributed by atoms with Gasteiger partial charge in [0.05, 0.1) is 6.54 Å².